The number of nitrogens with zero attached hydrogens (tertiary/aromatic N) is 1. The summed E-state index contributed by atoms with van der Waals surface area (Å²) in [5.41, 5.74) is 6.88. The highest BCUT2D eigenvalue weighted by molar-refractivity contribution is 4.99. The van der Waals surface area contributed by atoms with Crippen LogP contribution < -0.4 is 5.73 Å². The molecule has 0 aliphatic heterocycles. The molecule has 112 valence electrons. The van der Waals surface area contributed by atoms with E-state index in [2.05, 4.69) is 25.7 Å². The third kappa shape index (κ3) is 3.50. The number of hydrogen-bond donors (Lipinski definition) is 1. The van der Waals surface area contributed by atoms with Gasteiger partial charge in [0.1, 0.15) is 0 Å². The Kier molecular flexibility index (Phi) is 4.91. The van der Waals surface area contributed by atoms with Gasteiger partial charge in [0.2, 0.25) is 0 Å². The van der Waals surface area contributed by atoms with Crippen LogP contribution >= 0.6 is 0 Å². The van der Waals surface area contributed by atoms with Gasteiger partial charge in [-0.1, -0.05) is 20.3 Å². The molecule has 2 rings (SSSR count). The lowest BCUT2D eigenvalue weighted by atomic mass is 9.70. The van der Waals surface area contributed by atoms with Gasteiger partial charge in [0.05, 0.1) is 6.61 Å². The molecule has 0 heterocycles. The zero-order valence-corrected chi connectivity index (χ0v) is 13.2. The molecule has 0 aromatic carbocycles. The zero-order chi connectivity index (χ0) is 14.0. The molecule has 3 heteroatoms. The number of ether oxygens (including phenoxy) is 1. The molecule has 0 bridgehead atoms. The van der Waals surface area contributed by atoms with E-state index >= 15 is 0 Å². The number of nitrogens with two attached hydrogens (primary N) is 1. The quantitative estimate of drug-likeness (QED) is 0.805. The van der Waals surface area contributed by atoms with E-state index < -0.39 is 0 Å². The van der Waals surface area contributed by atoms with Gasteiger partial charge in [-0.15, -0.1) is 0 Å². The molecule has 0 saturated heterocycles. The number of hydrogen-bond acceptors (Lipinski definition) is 3. The molecule has 3 nitrogen and oxygen atoms in total. The van der Waals surface area contributed by atoms with E-state index in [1.54, 1.807) is 7.11 Å². The Bertz CT molecular complexity index is 288. The zero-order valence-electron chi connectivity index (χ0n) is 13.2. The summed E-state index contributed by atoms with van der Waals surface area (Å²) in [5.74, 6) is 0.897. The summed E-state index contributed by atoms with van der Waals surface area (Å²) < 4.78 is 5.32. The topological polar surface area (TPSA) is 38.5 Å². The molecule has 0 aromatic heterocycles. The molecule has 0 radical (unpaired) electrons. The lowest BCUT2D eigenvalue weighted by Crippen LogP contribution is -2.59. The van der Waals surface area contributed by atoms with Crippen LogP contribution in [0.25, 0.3) is 0 Å². The van der Waals surface area contributed by atoms with Gasteiger partial charge in [-0.3, -0.25) is 4.90 Å². The average Bonchev–Trinajstić information content (AvgIpc) is 3.18. The van der Waals surface area contributed by atoms with Gasteiger partial charge in [-0.2, -0.15) is 0 Å². The van der Waals surface area contributed by atoms with Crippen molar-refractivity contribution in [2.24, 2.45) is 17.1 Å². The minimum absolute atomic E-state index is 0.275. The standard InChI is InChI=1S/C16H32N2O/c1-12(13-7-8-13)18(10-11-19-4)14-6-5-9-16(2,3)15(14)17/h12-15H,5-11,17H2,1-4H3. The smallest absolute Gasteiger partial charge is 0.0589 e. The van der Waals surface area contributed by atoms with Crippen LogP contribution in [0.3, 0.4) is 0 Å². The molecule has 0 amide bonds. The van der Waals surface area contributed by atoms with E-state index in [9.17, 15) is 0 Å². The second kappa shape index (κ2) is 6.11. The molecular formula is C16H32N2O. The highest BCUT2D eigenvalue weighted by Gasteiger charge is 2.42. The Balaban J connectivity index is 2.07. The van der Waals surface area contributed by atoms with Crippen LogP contribution in [0.15, 0.2) is 0 Å². The summed E-state index contributed by atoms with van der Waals surface area (Å²) in [5, 5.41) is 0. The summed E-state index contributed by atoms with van der Waals surface area (Å²) in [6, 6.07) is 1.49. The second-order valence-corrected chi connectivity index (χ2v) is 7.28. The Morgan fingerprint density at radius 3 is 2.58 bits per heavy atom. The molecule has 2 saturated carbocycles. The van der Waals surface area contributed by atoms with Crippen LogP contribution in [-0.4, -0.2) is 43.3 Å². The van der Waals surface area contributed by atoms with Crippen molar-refractivity contribution >= 4 is 0 Å². The van der Waals surface area contributed by atoms with Crippen LogP contribution in [0, 0.1) is 11.3 Å². The predicted molar refractivity (Wildman–Crippen MR) is 80.2 cm³/mol. The Morgan fingerprint density at radius 1 is 1.32 bits per heavy atom. The van der Waals surface area contributed by atoms with Crippen LogP contribution in [0.2, 0.25) is 0 Å². The van der Waals surface area contributed by atoms with Gasteiger partial charge >= 0.3 is 0 Å². The van der Waals surface area contributed by atoms with E-state index in [0.717, 1.165) is 19.1 Å². The lowest BCUT2D eigenvalue weighted by Gasteiger charge is -2.48. The first-order chi connectivity index (χ1) is 8.97. The minimum atomic E-state index is 0.275. The van der Waals surface area contributed by atoms with Crippen molar-refractivity contribution in [3.8, 4) is 0 Å². The van der Waals surface area contributed by atoms with Crippen LogP contribution in [0.4, 0.5) is 0 Å². The SMILES string of the molecule is COCCN(C(C)C1CC1)C1CCCC(C)(C)C1N. The maximum Gasteiger partial charge on any atom is 0.0589 e. The maximum atomic E-state index is 6.61. The summed E-state index contributed by atoms with van der Waals surface area (Å²) in [4.78, 5) is 2.66. The molecule has 2 N–H and O–H groups in total. The highest BCUT2D eigenvalue weighted by atomic mass is 16.5. The van der Waals surface area contributed by atoms with Crippen molar-refractivity contribution in [2.75, 3.05) is 20.3 Å². The summed E-state index contributed by atoms with van der Waals surface area (Å²) in [7, 11) is 1.80. The van der Waals surface area contributed by atoms with Crippen molar-refractivity contribution in [3.05, 3.63) is 0 Å². The molecule has 0 spiro atoms. The molecule has 2 aliphatic rings. The van der Waals surface area contributed by atoms with Crippen molar-refractivity contribution in [1.82, 2.24) is 4.90 Å². The Hall–Kier alpha value is -0.120. The first-order valence-electron chi connectivity index (χ1n) is 7.97. The van der Waals surface area contributed by atoms with Crippen molar-refractivity contribution in [2.45, 2.75) is 71.0 Å². The molecule has 19 heavy (non-hydrogen) atoms. The van der Waals surface area contributed by atoms with Gasteiger partial charge in [0, 0.05) is 31.8 Å². The molecule has 2 aliphatic carbocycles. The van der Waals surface area contributed by atoms with Crippen molar-refractivity contribution < 1.29 is 4.74 Å². The highest BCUT2D eigenvalue weighted by Crippen LogP contribution is 2.41. The predicted octanol–water partition coefficient (Wildman–Crippen LogP) is 2.64. The van der Waals surface area contributed by atoms with E-state index in [1.165, 1.54) is 32.1 Å². The van der Waals surface area contributed by atoms with E-state index in [0.29, 0.717) is 18.1 Å². The van der Waals surface area contributed by atoms with Gasteiger partial charge in [-0.25, -0.2) is 0 Å². The molecular weight excluding hydrogens is 236 g/mol. The Morgan fingerprint density at radius 2 is 2.00 bits per heavy atom. The maximum absolute atomic E-state index is 6.61. The monoisotopic (exact) mass is 268 g/mol. The van der Waals surface area contributed by atoms with Crippen molar-refractivity contribution in [3.63, 3.8) is 0 Å². The third-order valence-electron chi connectivity index (χ3n) is 5.44. The fraction of sp³-hybridized carbons (Fsp3) is 1.00. The largest absolute Gasteiger partial charge is 0.383 e. The van der Waals surface area contributed by atoms with Gasteiger partial charge in [-0.05, 0) is 43.9 Å². The molecule has 0 aromatic rings. The first kappa shape index (κ1) is 15.3. The van der Waals surface area contributed by atoms with Crippen molar-refractivity contribution in [1.29, 1.82) is 0 Å². The van der Waals surface area contributed by atoms with E-state index in [4.69, 9.17) is 10.5 Å². The van der Waals surface area contributed by atoms with E-state index in [-0.39, 0.29) is 5.41 Å². The molecule has 2 fully saturated rings. The van der Waals surface area contributed by atoms with Gasteiger partial charge in [0.15, 0.2) is 0 Å². The fourth-order valence-electron chi connectivity index (χ4n) is 3.72. The van der Waals surface area contributed by atoms with Gasteiger partial charge in [0.25, 0.3) is 0 Å². The van der Waals surface area contributed by atoms with Crippen LogP contribution in [0.5, 0.6) is 0 Å². The minimum Gasteiger partial charge on any atom is -0.383 e. The lowest BCUT2D eigenvalue weighted by molar-refractivity contribution is 0.0200. The van der Waals surface area contributed by atoms with Crippen LogP contribution in [-0.2, 0) is 4.74 Å². The average molecular weight is 268 g/mol. The summed E-state index contributed by atoms with van der Waals surface area (Å²) in [6.45, 7) is 8.91. The second-order valence-electron chi connectivity index (χ2n) is 7.28. The Labute approximate surface area is 118 Å². The summed E-state index contributed by atoms with van der Waals surface area (Å²) in [6.07, 6.45) is 6.63. The third-order valence-corrected chi connectivity index (χ3v) is 5.44. The normalized spacial score (nSPS) is 32.5. The van der Waals surface area contributed by atoms with E-state index in [1.807, 2.05) is 0 Å². The number of rotatable bonds is 6. The molecule has 3 unspecified atom stereocenters. The van der Waals surface area contributed by atoms with Gasteiger partial charge < -0.3 is 10.5 Å². The number of methoxy groups -OCH3 is 1. The fourth-order valence-corrected chi connectivity index (χ4v) is 3.72. The first-order valence-corrected chi connectivity index (χ1v) is 7.97. The summed E-state index contributed by atoms with van der Waals surface area (Å²) >= 11 is 0. The molecule has 3 atom stereocenters. The van der Waals surface area contributed by atoms with Crippen LogP contribution in [0.1, 0.15) is 52.9 Å².